The first-order chi connectivity index (χ1) is 8.35. The molecular formula is C14H17NO2. The number of aromatic nitrogens is 1. The standard InChI is InChI=1S/C14H17NO2/c1-3-16-12-7-8-14(17-4-2)13(11-12)15-9-5-6-10-15/h5-11H,3-4H2,1-2H3. The molecular weight excluding hydrogens is 214 g/mol. The minimum Gasteiger partial charge on any atom is -0.494 e. The molecule has 1 heterocycles. The second-order valence-corrected chi connectivity index (χ2v) is 3.59. The van der Waals surface area contributed by atoms with E-state index >= 15 is 0 Å². The molecule has 0 radical (unpaired) electrons. The quantitative estimate of drug-likeness (QED) is 0.788. The summed E-state index contributed by atoms with van der Waals surface area (Å²) in [6.45, 7) is 5.28. The van der Waals surface area contributed by atoms with Crippen molar-refractivity contribution in [2.24, 2.45) is 0 Å². The molecule has 0 amide bonds. The van der Waals surface area contributed by atoms with Crippen LogP contribution in [0.5, 0.6) is 11.5 Å². The average molecular weight is 231 g/mol. The van der Waals surface area contributed by atoms with Gasteiger partial charge in [-0.05, 0) is 38.1 Å². The zero-order valence-corrected chi connectivity index (χ0v) is 10.2. The third kappa shape index (κ3) is 2.61. The lowest BCUT2D eigenvalue weighted by molar-refractivity contribution is 0.329. The summed E-state index contributed by atoms with van der Waals surface area (Å²) >= 11 is 0. The highest BCUT2D eigenvalue weighted by molar-refractivity contribution is 5.51. The molecule has 2 rings (SSSR count). The second-order valence-electron chi connectivity index (χ2n) is 3.59. The minimum atomic E-state index is 0.655. The number of hydrogen-bond acceptors (Lipinski definition) is 2. The van der Waals surface area contributed by atoms with Crippen molar-refractivity contribution in [1.29, 1.82) is 0 Å². The van der Waals surface area contributed by atoms with Crippen molar-refractivity contribution in [2.45, 2.75) is 13.8 Å². The summed E-state index contributed by atoms with van der Waals surface area (Å²) in [4.78, 5) is 0. The molecule has 0 N–H and O–H groups in total. The normalized spacial score (nSPS) is 10.2. The van der Waals surface area contributed by atoms with Crippen molar-refractivity contribution in [3.8, 4) is 17.2 Å². The molecule has 0 saturated carbocycles. The van der Waals surface area contributed by atoms with E-state index in [2.05, 4.69) is 0 Å². The van der Waals surface area contributed by atoms with Crippen LogP contribution in [-0.2, 0) is 0 Å². The Hall–Kier alpha value is -1.90. The van der Waals surface area contributed by atoms with Crippen LogP contribution in [0.3, 0.4) is 0 Å². The van der Waals surface area contributed by atoms with Gasteiger partial charge in [-0.3, -0.25) is 0 Å². The third-order valence-electron chi connectivity index (χ3n) is 2.42. The fourth-order valence-electron chi connectivity index (χ4n) is 1.73. The van der Waals surface area contributed by atoms with Crippen LogP contribution in [0.1, 0.15) is 13.8 Å². The van der Waals surface area contributed by atoms with Crippen molar-refractivity contribution in [1.82, 2.24) is 4.57 Å². The van der Waals surface area contributed by atoms with Gasteiger partial charge in [0.05, 0.1) is 18.9 Å². The van der Waals surface area contributed by atoms with Crippen LogP contribution in [0.4, 0.5) is 0 Å². The number of rotatable bonds is 5. The maximum absolute atomic E-state index is 5.62. The van der Waals surface area contributed by atoms with Gasteiger partial charge in [0.1, 0.15) is 11.5 Å². The number of nitrogens with zero attached hydrogens (tertiary/aromatic N) is 1. The molecule has 0 fully saturated rings. The van der Waals surface area contributed by atoms with Gasteiger partial charge in [0.2, 0.25) is 0 Å². The van der Waals surface area contributed by atoms with Crippen LogP contribution in [-0.4, -0.2) is 17.8 Å². The lowest BCUT2D eigenvalue weighted by Crippen LogP contribution is -2.00. The van der Waals surface area contributed by atoms with Crippen molar-refractivity contribution in [3.05, 3.63) is 42.7 Å². The molecule has 90 valence electrons. The Bertz CT molecular complexity index is 463. The molecule has 0 spiro atoms. The molecule has 3 heteroatoms. The van der Waals surface area contributed by atoms with Gasteiger partial charge in [0, 0.05) is 18.5 Å². The van der Waals surface area contributed by atoms with Crippen LogP contribution >= 0.6 is 0 Å². The highest BCUT2D eigenvalue weighted by Crippen LogP contribution is 2.28. The van der Waals surface area contributed by atoms with Crippen LogP contribution in [0.15, 0.2) is 42.7 Å². The summed E-state index contributed by atoms with van der Waals surface area (Å²) in [7, 11) is 0. The summed E-state index contributed by atoms with van der Waals surface area (Å²) < 4.78 is 13.1. The molecule has 1 aromatic carbocycles. The highest BCUT2D eigenvalue weighted by atomic mass is 16.5. The van der Waals surface area contributed by atoms with Gasteiger partial charge in [0.25, 0.3) is 0 Å². The largest absolute Gasteiger partial charge is 0.494 e. The second kappa shape index (κ2) is 5.43. The van der Waals surface area contributed by atoms with Crippen LogP contribution in [0.2, 0.25) is 0 Å². The topological polar surface area (TPSA) is 23.4 Å². The van der Waals surface area contributed by atoms with E-state index in [4.69, 9.17) is 9.47 Å². The molecule has 0 atom stereocenters. The third-order valence-corrected chi connectivity index (χ3v) is 2.42. The summed E-state index contributed by atoms with van der Waals surface area (Å²) in [5.74, 6) is 1.73. The predicted octanol–water partition coefficient (Wildman–Crippen LogP) is 3.27. The van der Waals surface area contributed by atoms with Crippen LogP contribution in [0.25, 0.3) is 5.69 Å². The van der Waals surface area contributed by atoms with Gasteiger partial charge in [-0.15, -0.1) is 0 Å². The van der Waals surface area contributed by atoms with Gasteiger partial charge < -0.3 is 14.0 Å². The van der Waals surface area contributed by atoms with Crippen LogP contribution < -0.4 is 9.47 Å². The zero-order valence-electron chi connectivity index (χ0n) is 10.2. The summed E-state index contributed by atoms with van der Waals surface area (Å²) in [6, 6.07) is 9.85. The molecule has 0 aliphatic heterocycles. The zero-order chi connectivity index (χ0) is 12.1. The number of ether oxygens (including phenoxy) is 2. The van der Waals surface area contributed by atoms with Gasteiger partial charge in [-0.25, -0.2) is 0 Å². The predicted molar refractivity (Wildman–Crippen MR) is 68.1 cm³/mol. The minimum absolute atomic E-state index is 0.655. The van der Waals surface area contributed by atoms with Crippen molar-refractivity contribution >= 4 is 0 Å². The number of hydrogen-bond donors (Lipinski definition) is 0. The lowest BCUT2D eigenvalue weighted by atomic mass is 10.2. The average Bonchev–Trinajstić information content (AvgIpc) is 2.85. The fourth-order valence-corrected chi connectivity index (χ4v) is 1.73. The Balaban J connectivity index is 2.40. The molecule has 17 heavy (non-hydrogen) atoms. The van der Waals surface area contributed by atoms with Crippen molar-refractivity contribution < 1.29 is 9.47 Å². The Kier molecular flexibility index (Phi) is 3.70. The van der Waals surface area contributed by atoms with Gasteiger partial charge in [-0.1, -0.05) is 0 Å². The maximum Gasteiger partial charge on any atom is 0.143 e. The first-order valence-electron chi connectivity index (χ1n) is 5.88. The smallest absolute Gasteiger partial charge is 0.143 e. The molecule has 0 aliphatic rings. The SMILES string of the molecule is CCOc1ccc(OCC)c(-n2cccc2)c1. The van der Waals surface area contributed by atoms with Crippen LogP contribution in [0, 0.1) is 0 Å². The van der Waals surface area contributed by atoms with E-state index in [0.717, 1.165) is 17.2 Å². The van der Waals surface area contributed by atoms with Crippen molar-refractivity contribution in [2.75, 3.05) is 13.2 Å². The highest BCUT2D eigenvalue weighted by Gasteiger charge is 2.06. The Labute approximate surface area is 102 Å². The van der Waals surface area contributed by atoms with E-state index in [1.807, 2.05) is 61.1 Å². The lowest BCUT2D eigenvalue weighted by Gasteiger charge is -2.13. The number of benzene rings is 1. The van der Waals surface area contributed by atoms with E-state index in [1.165, 1.54) is 0 Å². The molecule has 2 aromatic rings. The Morgan fingerprint density at radius 3 is 2.35 bits per heavy atom. The molecule has 0 aliphatic carbocycles. The van der Waals surface area contributed by atoms with E-state index in [-0.39, 0.29) is 0 Å². The first-order valence-corrected chi connectivity index (χ1v) is 5.88. The molecule has 0 unspecified atom stereocenters. The molecule has 0 bridgehead atoms. The molecule has 1 aromatic heterocycles. The summed E-state index contributed by atoms with van der Waals surface area (Å²) in [5.41, 5.74) is 1.00. The molecule has 3 nitrogen and oxygen atoms in total. The van der Waals surface area contributed by atoms with E-state index in [9.17, 15) is 0 Å². The van der Waals surface area contributed by atoms with E-state index in [0.29, 0.717) is 13.2 Å². The monoisotopic (exact) mass is 231 g/mol. The fraction of sp³-hybridized carbons (Fsp3) is 0.286. The van der Waals surface area contributed by atoms with E-state index < -0.39 is 0 Å². The summed E-state index contributed by atoms with van der Waals surface area (Å²) in [5, 5.41) is 0. The maximum atomic E-state index is 5.62. The Morgan fingerprint density at radius 2 is 1.71 bits per heavy atom. The molecule has 0 saturated heterocycles. The van der Waals surface area contributed by atoms with Crippen molar-refractivity contribution in [3.63, 3.8) is 0 Å². The van der Waals surface area contributed by atoms with Gasteiger partial charge in [0.15, 0.2) is 0 Å². The van der Waals surface area contributed by atoms with E-state index in [1.54, 1.807) is 0 Å². The summed E-state index contributed by atoms with van der Waals surface area (Å²) in [6.07, 6.45) is 3.99. The first kappa shape index (κ1) is 11.6. The van der Waals surface area contributed by atoms with Gasteiger partial charge >= 0.3 is 0 Å². The van der Waals surface area contributed by atoms with Gasteiger partial charge in [-0.2, -0.15) is 0 Å². The Morgan fingerprint density at radius 1 is 1.00 bits per heavy atom.